The minimum Gasteiger partial charge on any atom is -0.408 e. The lowest BCUT2D eigenvalue weighted by Gasteiger charge is -2.15. The van der Waals surface area contributed by atoms with Crippen LogP contribution in [0.25, 0.3) is 11.1 Å². The maximum absolute atomic E-state index is 11.4. The number of benzene rings is 1. The Labute approximate surface area is 112 Å². The van der Waals surface area contributed by atoms with Gasteiger partial charge in [-0.2, -0.15) is 12.6 Å². The molecule has 2 aromatic rings. The van der Waals surface area contributed by atoms with E-state index >= 15 is 0 Å². The molecule has 18 heavy (non-hydrogen) atoms. The average molecular weight is 266 g/mol. The first kappa shape index (κ1) is 13.2. The first-order valence-electron chi connectivity index (χ1n) is 5.99. The van der Waals surface area contributed by atoms with Crippen LogP contribution in [0.5, 0.6) is 0 Å². The first-order valence-corrected chi connectivity index (χ1v) is 6.63. The highest BCUT2D eigenvalue weighted by Gasteiger charge is 2.07. The van der Waals surface area contributed by atoms with Crippen molar-refractivity contribution in [3.05, 3.63) is 34.3 Å². The molecule has 0 atom stereocenters. The zero-order valence-electron chi connectivity index (χ0n) is 10.7. The predicted octanol–water partition coefficient (Wildman–Crippen LogP) is 1.88. The van der Waals surface area contributed by atoms with E-state index < -0.39 is 0 Å². The molecular weight excluding hydrogens is 248 g/mol. The lowest BCUT2D eigenvalue weighted by atomic mass is 10.2. The van der Waals surface area contributed by atoms with Gasteiger partial charge < -0.3 is 9.32 Å². The van der Waals surface area contributed by atoms with E-state index in [0.29, 0.717) is 5.58 Å². The molecule has 0 spiro atoms. The highest BCUT2D eigenvalue weighted by atomic mass is 32.1. The van der Waals surface area contributed by atoms with Crippen molar-refractivity contribution in [2.45, 2.75) is 13.0 Å². The molecule has 0 N–H and O–H groups in total. The Bertz CT molecular complexity index is 588. The maximum atomic E-state index is 11.4. The van der Waals surface area contributed by atoms with Crippen molar-refractivity contribution in [3.63, 3.8) is 0 Å². The zero-order chi connectivity index (χ0) is 13.1. The van der Waals surface area contributed by atoms with Crippen LogP contribution in [0.4, 0.5) is 0 Å². The maximum Gasteiger partial charge on any atom is 0.419 e. The van der Waals surface area contributed by atoms with Gasteiger partial charge in [0.15, 0.2) is 5.58 Å². The molecule has 0 aliphatic rings. The Hall–Kier alpha value is -1.20. The second kappa shape index (κ2) is 5.63. The molecule has 1 aromatic heterocycles. The minimum absolute atomic E-state index is 0.314. The number of rotatable bonds is 5. The molecule has 0 unspecified atom stereocenters. The largest absolute Gasteiger partial charge is 0.419 e. The fourth-order valence-corrected chi connectivity index (χ4v) is 2.15. The molecule has 0 amide bonds. The number of nitrogens with zero attached hydrogens (tertiary/aromatic N) is 2. The molecule has 2 rings (SSSR count). The number of hydrogen-bond donors (Lipinski definition) is 1. The van der Waals surface area contributed by atoms with Crippen LogP contribution in [0, 0.1) is 0 Å². The molecule has 0 radical (unpaired) electrons. The number of aryl methyl sites for hydroxylation is 1. The van der Waals surface area contributed by atoms with Gasteiger partial charge in [-0.1, -0.05) is 6.07 Å². The van der Waals surface area contributed by atoms with Gasteiger partial charge in [0.25, 0.3) is 0 Å². The molecule has 0 fully saturated rings. The molecular formula is C13H18N2O2S. The van der Waals surface area contributed by atoms with Gasteiger partial charge in [-0.15, -0.1) is 0 Å². The van der Waals surface area contributed by atoms with E-state index in [9.17, 15) is 4.79 Å². The third-order valence-corrected chi connectivity index (χ3v) is 3.32. The van der Waals surface area contributed by atoms with Crippen molar-refractivity contribution in [1.82, 2.24) is 9.47 Å². The van der Waals surface area contributed by atoms with Crippen molar-refractivity contribution in [3.8, 4) is 0 Å². The molecule has 1 aromatic carbocycles. The summed E-state index contributed by atoms with van der Waals surface area (Å²) in [6.07, 6.45) is 1.07. The Morgan fingerprint density at radius 2 is 2.22 bits per heavy atom. The van der Waals surface area contributed by atoms with E-state index in [0.717, 1.165) is 36.3 Å². The molecule has 1 heterocycles. The lowest BCUT2D eigenvalue weighted by Crippen LogP contribution is -2.19. The fourth-order valence-electron chi connectivity index (χ4n) is 2.01. The number of thiol groups is 1. The second-order valence-corrected chi connectivity index (χ2v) is 4.99. The van der Waals surface area contributed by atoms with Gasteiger partial charge in [0.05, 0.1) is 5.52 Å². The van der Waals surface area contributed by atoms with Crippen LogP contribution in [-0.2, 0) is 13.6 Å². The van der Waals surface area contributed by atoms with Gasteiger partial charge in [0.1, 0.15) is 0 Å². The van der Waals surface area contributed by atoms with E-state index in [4.69, 9.17) is 4.42 Å². The van der Waals surface area contributed by atoms with Crippen molar-refractivity contribution in [1.29, 1.82) is 0 Å². The van der Waals surface area contributed by atoms with Gasteiger partial charge in [-0.25, -0.2) is 4.79 Å². The van der Waals surface area contributed by atoms with Gasteiger partial charge in [-0.3, -0.25) is 4.57 Å². The zero-order valence-corrected chi connectivity index (χ0v) is 11.6. The lowest BCUT2D eigenvalue weighted by molar-refractivity contribution is 0.328. The molecule has 0 aliphatic heterocycles. The monoisotopic (exact) mass is 266 g/mol. The molecule has 0 aliphatic carbocycles. The average Bonchev–Trinajstić information content (AvgIpc) is 2.62. The Balaban J connectivity index is 2.17. The summed E-state index contributed by atoms with van der Waals surface area (Å²) in [7, 11) is 3.79. The number of fused-ring (bicyclic) bond motifs is 1. The van der Waals surface area contributed by atoms with Gasteiger partial charge in [0.2, 0.25) is 0 Å². The molecule has 5 heteroatoms. The van der Waals surface area contributed by atoms with Gasteiger partial charge >= 0.3 is 5.76 Å². The Kier molecular flexibility index (Phi) is 4.14. The van der Waals surface area contributed by atoms with E-state index in [-0.39, 0.29) is 5.76 Å². The van der Waals surface area contributed by atoms with Crippen LogP contribution in [0.2, 0.25) is 0 Å². The highest BCUT2D eigenvalue weighted by molar-refractivity contribution is 7.80. The summed E-state index contributed by atoms with van der Waals surface area (Å²) in [5, 5.41) is 0. The standard InChI is InChI=1S/C13H18N2O2S/c1-14(6-3-7-18)9-10-4-5-11-12(8-10)17-13(16)15(11)2/h4-5,8,18H,3,6-7,9H2,1-2H3. The topological polar surface area (TPSA) is 38.4 Å². The summed E-state index contributed by atoms with van der Waals surface area (Å²) in [5.74, 6) is 0.585. The summed E-state index contributed by atoms with van der Waals surface area (Å²) in [6.45, 7) is 1.86. The highest BCUT2D eigenvalue weighted by Crippen LogP contribution is 2.15. The third-order valence-electron chi connectivity index (χ3n) is 3.01. The van der Waals surface area contributed by atoms with Crippen LogP contribution < -0.4 is 5.76 Å². The quantitative estimate of drug-likeness (QED) is 0.840. The summed E-state index contributed by atoms with van der Waals surface area (Å²) in [5.41, 5.74) is 2.64. The summed E-state index contributed by atoms with van der Waals surface area (Å²) in [6, 6.07) is 5.91. The Morgan fingerprint density at radius 1 is 1.44 bits per heavy atom. The van der Waals surface area contributed by atoms with E-state index in [1.165, 1.54) is 4.57 Å². The Morgan fingerprint density at radius 3 is 2.94 bits per heavy atom. The van der Waals surface area contributed by atoms with Crippen LogP contribution in [0.15, 0.2) is 27.4 Å². The van der Waals surface area contributed by atoms with Crippen LogP contribution in [0.3, 0.4) is 0 Å². The van der Waals surface area contributed by atoms with E-state index in [1.54, 1.807) is 7.05 Å². The number of oxazole rings is 1. The summed E-state index contributed by atoms with van der Waals surface area (Å²) in [4.78, 5) is 13.6. The summed E-state index contributed by atoms with van der Waals surface area (Å²) >= 11 is 4.20. The molecule has 98 valence electrons. The number of hydrogen-bond acceptors (Lipinski definition) is 4. The van der Waals surface area contributed by atoms with Crippen LogP contribution in [-0.4, -0.2) is 28.8 Å². The summed E-state index contributed by atoms with van der Waals surface area (Å²) < 4.78 is 6.70. The molecule has 4 nitrogen and oxygen atoms in total. The predicted molar refractivity (Wildman–Crippen MR) is 76.3 cm³/mol. The van der Waals surface area contributed by atoms with Gasteiger partial charge in [0, 0.05) is 13.6 Å². The van der Waals surface area contributed by atoms with Crippen LogP contribution >= 0.6 is 12.6 Å². The minimum atomic E-state index is -0.314. The third kappa shape index (κ3) is 2.79. The van der Waals surface area contributed by atoms with E-state index in [1.807, 2.05) is 18.2 Å². The molecule has 0 bridgehead atoms. The molecule has 0 saturated heterocycles. The van der Waals surface area contributed by atoms with Crippen molar-refractivity contribution in [2.24, 2.45) is 7.05 Å². The second-order valence-electron chi connectivity index (χ2n) is 4.54. The normalized spacial score (nSPS) is 11.6. The van der Waals surface area contributed by atoms with Crippen molar-refractivity contribution in [2.75, 3.05) is 19.3 Å². The van der Waals surface area contributed by atoms with Crippen molar-refractivity contribution < 1.29 is 4.42 Å². The SMILES string of the molecule is CN(CCCS)Cc1ccc2c(c1)oc(=O)n2C. The first-order chi connectivity index (χ1) is 8.61. The van der Waals surface area contributed by atoms with E-state index in [2.05, 4.69) is 24.6 Å². The molecule has 0 saturated carbocycles. The smallest absolute Gasteiger partial charge is 0.408 e. The van der Waals surface area contributed by atoms with Crippen LogP contribution in [0.1, 0.15) is 12.0 Å². The fraction of sp³-hybridized carbons (Fsp3) is 0.462. The van der Waals surface area contributed by atoms with Gasteiger partial charge in [-0.05, 0) is 43.5 Å². The number of aromatic nitrogens is 1. The van der Waals surface area contributed by atoms with Crippen molar-refractivity contribution >= 4 is 23.7 Å².